The first-order chi connectivity index (χ1) is 18.4. The first kappa shape index (κ1) is 28.9. The molecule has 0 aliphatic carbocycles. The van der Waals surface area contributed by atoms with E-state index in [-0.39, 0.29) is 37.4 Å². The van der Waals surface area contributed by atoms with Gasteiger partial charge < -0.3 is 25.2 Å². The Hall–Kier alpha value is -3.65. The van der Waals surface area contributed by atoms with E-state index in [1.165, 1.54) is 0 Å². The molecule has 1 heterocycles. The minimum Gasteiger partial charge on any atom is -0.489 e. The molecule has 0 saturated carbocycles. The van der Waals surface area contributed by atoms with Crippen molar-refractivity contribution in [2.45, 2.75) is 64.2 Å². The lowest BCUT2D eigenvalue weighted by atomic mass is 9.98. The molecule has 2 amide bonds. The molecule has 1 aliphatic heterocycles. The highest BCUT2D eigenvalue weighted by molar-refractivity contribution is 5.86. The highest BCUT2D eigenvalue weighted by atomic mass is 16.5. The summed E-state index contributed by atoms with van der Waals surface area (Å²) >= 11 is 0. The Labute approximate surface area is 224 Å². The van der Waals surface area contributed by atoms with Gasteiger partial charge in [-0.3, -0.25) is 14.4 Å². The number of cyclic esters (lactones) is 1. The SMILES string of the molecule is CC1CNC(=O)C(CC(=O)NC(CO)Cc2ccc(OCc3ccccc3)cc2)CC=CCCCC(=O)O1. The van der Waals surface area contributed by atoms with Crippen LogP contribution in [0.5, 0.6) is 5.75 Å². The summed E-state index contributed by atoms with van der Waals surface area (Å²) in [6.07, 6.45) is 5.93. The summed E-state index contributed by atoms with van der Waals surface area (Å²) < 4.78 is 11.1. The number of rotatable bonds is 9. The summed E-state index contributed by atoms with van der Waals surface area (Å²) in [6.45, 7) is 2.17. The molecular weight excluding hydrogens is 484 g/mol. The minimum atomic E-state index is -0.560. The van der Waals surface area contributed by atoms with Gasteiger partial charge in [-0.25, -0.2) is 0 Å². The maximum Gasteiger partial charge on any atom is 0.306 e. The standard InChI is InChI=1S/C30H38N2O6/c1-22-19-31-30(36)25(11-7-2-3-8-12-29(35)38-22)18-28(34)32-26(20-33)17-23-13-15-27(16-14-23)37-21-24-9-5-4-6-10-24/h2,4-7,9-10,13-16,22,25-26,33H,3,8,11-12,17-21H2,1H3,(H,31,36)(H,32,34). The fourth-order valence-corrected chi connectivity index (χ4v) is 4.16. The summed E-state index contributed by atoms with van der Waals surface area (Å²) in [6, 6.07) is 17.0. The van der Waals surface area contributed by atoms with E-state index in [1.807, 2.05) is 66.7 Å². The molecule has 8 nitrogen and oxygen atoms in total. The molecule has 3 N–H and O–H groups in total. The molecule has 204 valence electrons. The van der Waals surface area contributed by atoms with Crippen LogP contribution in [-0.2, 0) is 32.1 Å². The second-order valence-electron chi connectivity index (χ2n) is 9.62. The number of hydrogen-bond acceptors (Lipinski definition) is 6. The van der Waals surface area contributed by atoms with Crippen LogP contribution in [-0.4, -0.2) is 48.2 Å². The van der Waals surface area contributed by atoms with Gasteiger partial charge in [0, 0.05) is 12.8 Å². The molecule has 3 atom stereocenters. The zero-order valence-corrected chi connectivity index (χ0v) is 21.9. The molecule has 2 aromatic carbocycles. The molecular formula is C30H38N2O6. The van der Waals surface area contributed by atoms with E-state index in [0.29, 0.717) is 38.7 Å². The Bertz CT molecular complexity index is 1050. The van der Waals surface area contributed by atoms with E-state index < -0.39 is 18.1 Å². The number of hydrogen-bond donors (Lipinski definition) is 3. The van der Waals surface area contributed by atoms with Gasteiger partial charge in [-0.2, -0.15) is 0 Å². The summed E-state index contributed by atoms with van der Waals surface area (Å²) in [4.78, 5) is 37.4. The average Bonchev–Trinajstić information content (AvgIpc) is 2.93. The van der Waals surface area contributed by atoms with Crippen molar-refractivity contribution in [2.75, 3.05) is 13.2 Å². The van der Waals surface area contributed by atoms with Crippen LogP contribution in [0.3, 0.4) is 0 Å². The number of amides is 2. The molecule has 3 rings (SSSR count). The number of esters is 1. The quantitative estimate of drug-likeness (QED) is 0.343. The van der Waals surface area contributed by atoms with Gasteiger partial charge in [-0.1, -0.05) is 54.6 Å². The van der Waals surface area contributed by atoms with Crippen LogP contribution in [0.15, 0.2) is 66.7 Å². The van der Waals surface area contributed by atoms with Crippen molar-refractivity contribution in [3.05, 3.63) is 77.9 Å². The lowest BCUT2D eigenvalue weighted by Gasteiger charge is -2.20. The van der Waals surface area contributed by atoms with E-state index in [9.17, 15) is 19.5 Å². The van der Waals surface area contributed by atoms with Crippen molar-refractivity contribution in [1.82, 2.24) is 10.6 Å². The maximum absolute atomic E-state index is 12.8. The molecule has 0 spiro atoms. The molecule has 8 heteroatoms. The van der Waals surface area contributed by atoms with Crippen LogP contribution in [0, 0.1) is 5.92 Å². The van der Waals surface area contributed by atoms with E-state index in [1.54, 1.807) is 6.92 Å². The van der Waals surface area contributed by atoms with Crippen molar-refractivity contribution in [2.24, 2.45) is 5.92 Å². The number of aliphatic hydroxyl groups excluding tert-OH is 1. The van der Waals surface area contributed by atoms with Crippen LogP contribution in [0.4, 0.5) is 0 Å². The summed E-state index contributed by atoms with van der Waals surface area (Å²) in [5.41, 5.74) is 2.03. The van der Waals surface area contributed by atoms with Gasteiger partial charge in [0.15, 0.2) is 0 Å². The van der Waals surface area contributed by atoms with Crippen LogP contribution in [0.1, 0.15) is 50.2 Å². The third-order valence-electron chi connectivity index (χ3n) is 6.28. The highest BCUT2D eigenvalue weighted by Crippen LogP contribution is 2.16. The zero-order valence-electron chi connectivity index (χ0n) is 21.9. The monoisotopic (exact) mass is 522 g/mol. The van der Waals surface area contributed by atoms with Crippen LogP contribution < -0.4 is 15.4 Å². The van der Waals surface area contributed by atoms with Gasteiger partial charge in [0.2, 0.25) is 11.8 Å². The van der Waals surface area contributed by atoms with Crippen LogP contribution in [0.2, 0.25) is 0 Å². The van der Waals surface area contributed by atoms with Crippen molar-refractivity contribution in [3.8, 4) is 5.75 Å². The molecule has 0 aromatic heterocycles. The molecule has 2 aromatic rings. The smallest absolute Gasteiger partial charge is 0.306 e. The largest absolute Gasteiger partial charge is 0.489 e. The summed E-state index contributed by atoms with van der Waals surface area (Å²) in [5, 5.41) is 15.5. The number of nitrogens with one attached hydrogen (secondary N) is 2. The Balaban J connectivity index is 1.51. The zero-order chi connectivity index (χ0) is 27.2. The first-order valence-electron chi connectivity index (χ1n) is 13.2. The topological polar surface area (TPSA) is 114 Å². The van der Waals surface area contributed by atoms with Gasteiger partial charge in [-0.05, 0) is 55.9 Å². The summed E-state index contributed by atoms with van der Waals surface area (Å²) in [5.74, 6) is -0.665. The van der Waals surface area contributed by atoms with E-state index >= 15 is 0 Å². The number of benzene rings is 2. The molecule has 0 fully saturated rings. The van der Waals surface area contributed by atoms with Crippen molar-refractivity contribution >= 4 is 17.8 Å². The van der Waals surface area contributed by atoms with Crippen LogP contribution in [0.25, 0.3) is 0 Å². The van der Waals surface area contributed by atoms with Gasteiger partial charge in [0.25, 0.3) is 0 Å². The first-order valence-corrected chi connectivity index (χ1v) is 13.2. The minimum absolute atomic E-state index is 0.00684. The number of aliphatic hydroxyl groups is 1. The van der Waals surface area contributed by atoms with E-state index in [4.69, 9.17) is 9.47 Å². The molecule has 1 aliphatic rings. The number of carbonyl (C=O) groups excluding carboxylic acids is 3. The fraction of sp³-hybridized carbons (Fsp3) is 0.433. The lowest BCUT2D eigenvalue weighted by Crippen LogP contribution is -2.42. The highest BCUT2D eigenvalue weighted by Gasteiger charge is 2.23. The third-order valence-corrected chi connectivity index (χ3v) is 6.28. The van der Waals surface area contributed by atoms with Crippen LogP contribution >= 0.6 is 0 Å². The predicted molar refractivity (Wildman–Crippen MR) is 144 cm³/mol. The van der Waals surface area contributed by atoms with E-state index in [0.717, 1.165) is 16.9 Å². The van der Waals surface area contributed by atoms with Crippen molar-refractivity contribution in [3.63, 3.8) is 0 Å². The molecule has 0 radical (unpaired) electrons. The average molecular weight is 523 g/mol. The van der Waals surface area contributed by atoms with Gasteiger partial charge >= 0.3 is 5.97 Å². The lowest BCUT2D eigenvalue weighted by molar-refractivity contribution is -0.148. The molecule has 3 unspecified atom stereocenters. The van der Waals surface area contributed by atoms with E-state index in [2.05, 4.69) is 10.6 Å². The van der Waals surface area contributed by atoms with Gasteiger partial charge in [0.05, 0.1) is 25.1 Å². The normalized spacial score (nSPS) is 19.6. The Morgan fingerprint density at radius 2 is 1.87 bits per heavy atom. The number of carbonyl (C=O) groups is 3. The van der Waals surface area contributed by atoms with Gasteiger partial charge in [-0.15, -0.1) is 0 Å². The second-order valence-corrected chi connectivity index (χ2v) is 9.62. The second kappa shape index (κ2) is 15.6. The maximum atomic E-state index is 12.8. The van der Waals surface area contributed by atoms with Gasteiger partial charge in [0.1, 0.15) is 18.5 Å². The summed E-state index contributed by atoms with van der Waals surface area (Å²) in [7, 11) is 0. The Morgan fingerprint density at radius 3 is 2.61 bits per heavy atom. The predicted octanol–water partition coefficient (Wildman–Crippen LogP) is 3.47. The number of allylic oxidation sites excluding steroid dienone is 2. The Morgan fingerprint density at radius 1 is 1.11 bits per heavy atom. The molecule has 38 heavy (non-hydrogen) atoms. The fourth-order valence-electron chi connectivity index (χ4n) is 4.16. The van der Waals surface area contributed by atoms with Crippen molar-refractivity contribution in [1.29, 1.82) is 0 Å². The van der Waals surface area contributed by atoms with Crippen molar-refractivity contribution < 1.29 is 29.0 Å². The Kier molecular flexibility index (Phi) is 11.8. The molecule has 0 bridgehead atoms. The molecule has 0 saturated heterocycles. The number of ether oxygens (including phenoxy) is 2. The third kappa shape index (κ3) is 10.4.